The van der Waals surface area contributed by atoms with Gasteiger partial charge in [0.05, 0.1) is 6.54 Å². The van der Waals surface area contributed by atoms with Crippen molar-refractivity contribution in [3.05, 3.63) is 20.8 Å². The summed E-state index contributed by atoms with van der Waals surface area (Å²) in [5, 5.41) is 7.77. The van der Waals surface area contributed by atoms with Gasteiger partial charge in [0.1, 0.15) is 5.60 Å². The van der Waals surface area contributed by atoms with Gasteiger partial charge in [-0.15, -0.1) is 11.3 Å². The van der Waals surface area contributed by atoms with Crippen LogP contribution in [0.4, 0.5) is 9.59 Å². The molecule has 1 aromatic heterocycles. The SMILES string of the molecule is CC(C)(C)OC(=O)NC1CCCN(C(=O)NCc2cc(Br)cs2)C1. The summed E-state index contributed by atoms with van der Waals surface area (Å²) >= 11 is 5.00. The Bertz CT molecular complexity index is 585. The molecule has 1 aromatic rings. The summed E-state index contributed by atoms with van der Waals surface area (Å²) in [6.07, 6.45) is 1.28. The average Bonchev–Trinajstić information content (AvgIpc) is 2.88. The van der Waals surface area contributed by atoms with Crippen molar-refractivity contribution in [2.75, 3.05) is 13.1 Å². The molecule has 0 bridgehead atoms. The minimum Gasteiger partial charge on any atom is -0.444 e. The molecule has 1 aliphatic rings. The highest BCUT2D eigenvalue weighted by Gasteiger charge is 2.26. The van der Waals surface area contributed by atoms with E-state index in [1.165, 1.54) is 0 Å². The Morgan fingerprint density at radius 1 is 1.46 bits per heavy atom. The fourth-order valence-electron chi connectivity index (χ4n) is 2.47. The predicted octanol–water partition coefficient (Wildman–Crippen LogP) is 3.71. The van der Waals surface area contributed by atoms with Crippen LogP contribution in [0.1, 0.15) is 38.5 Å². The van der Waals surface area contributed by atoms with E-state index in [1.807, 2.05) is 32.2 Å². The summed E-state index contributed by atoms with van der Waals surface area (Å²) < 4.78 is 6.30. The monoisotopic (exact) mass is 417 g/mol. The molecule has 1 unspecified atom stereocenters. The van der Waals surface area contributed by atoms with Crippen LogP contribution in [-0.2, 0) is 11.3 Å². The number of halogens is 1. The van der Waals surface area contributed by atoms with Crippen molar-refractivity contribution in [3.63, 3.8) is 0 Å². The molecule has 134 valence electrons. The van der Waals surface area contributed by atoms with Gasteiger partial charge < -0.3 is 20.3 Å². The van der Waals surface area contributed by atoms with Crippen LogP contribution in [0.3, 0.4) is 0 Å². The molecule has 0 radical (unpaired) electrons. The maximum Gasteiger partial charge on any atom is 0.407 e. The number of carbonyl (C=O) groups excluding carboxylic acids is 2. The number of rotatable bonds is 3. The minimum atomic E-state index is -0.523. The number of thiophene rings is 1. The van der Waals surface area contributed by atoms with Crippen LogP contribution in [-0.4, -0.2) is 41.8 Å². The molecule has 1 atom stereocenters. The fourth-order valence-corrected chi connectivity index (χ4v) is 3.87. The van der Waals surface area contributed by atoms with Crippen LogP contribution in [0.5, 0.6) is 0 Å². The van der Waals surface area contributed by atoms with E-state index in [9.17, 15) is 9.59 Å². The van der Waals surface area contributed by atoms with E-state index in [0.29, 0.717) is 19.6 Å². The molecule has 2 rings (SSSR count). The summed E-state index contributed by atoms with van der Waals surface area (Å²) in [6.45, 7) is 7.20. The molecule has 0 aromatic carbocycles. The number of hydrogen-bond donors (Lipinski definition) is 2. The highest BCUT2D eigenvalue weighted by Crippen LogP contribution is 2.19. The zero-order valence-corrected chi connectivity index (χ0v) is 16.6. The number of alkyl carbamates (subject to hydrolysis) is 1. The Morgan fingerprint density at radius 3 is 2.83 bits per heavy atom. The molecule has 8 heteroatoms. The van der Waals surface area contributed by atoms with Gasteiger partial charge in [-0.3, -0.25) is 0 Å². The van der Waals surface area contributed by atoms with Crippen molar-refractivity contribution < 1.29 is 14.3 Å². The first kappa shape index (κ1) is 19.1. The third-order valence-corrected chi connectivity index (χ3v) is 5.16. The lowest BCUT2D eigenvalue weighted by atomic mass is 10.1. The number of piperidine rings is 1. The molecule has 1 fully saturated rings. The van der Waals surface area contributed by atoms with Gasteiger partial charge in [0.2, 0.25) is 0 Å². The highest BCUT2D eigenvalue weighted by molar-refractivity contribution is 9.10. The minimum absolute atomic E-state index is 0.0739. The summed E-state index contributed by atoms with van der Waals surface area (Å²) in [5.74, 6) is 0. The fraction of sp³-hybridized carbons (Fsp3) is 0.625. The third-order valence-electron chi connectivity index (χ3n) is 3.47. The van der Waals surface area contributed by atoms with Gasteiger partial charge in [-0.05, 0) is 55.6 Å². The van der Waals surface area contributed by atoms with Crippen molar-refractivity contribution in [2.45, 2.75) is 51.8 Å². The number of urea groups is 1. The topological polar surface area (TPSA) is 70.7 Å². The summed E-state index contributed by atoms with van der Waals surface area (Å²) in [4.78, 5) is 27.0. The largest absolute Gasteiger partial charge is 0.444 e. The van der Waals surface area contributed by atoms with Crippen molar-refractivity contribution in [3.8, 4) is 0 Å². The van der Waals surface area contributed by atoms with Gasteiger partial charge >= 0.3 is 12.1 Å². The molecule has 1 aliphatic heterocycles. The molecule has 24 heavy (non-hydrogen) atoms. The first-order valence-corrected chi connectivity index (χ1v) is 9.65. The summed E-state index contributed by atoms with van der Waals surface area (Å²) in [6, 6.07) is 1.82. The first-order chi connectivity index (χ1) is 11.2. The summed E-state index contributed by atoms with van der Waals surface area (Å²) in [7, 11) is 0. The van der Waals surface area contributed by atoms with Gasteiger partial charge in [0, 0.05) is 33.9 Å². The van der Waals surface area contributed by atoms with Gasteiger partial charge in [-0.2, -0.15) is 0 Å². The molecule has 3 amide bonds. The Balaban J connectivity index is 1.79. The van der Waals surface area contributed by atoms with Gasteiger partial charge in [-0.25, -0.2) is 9.59 Å². The maximum atomic E-state index is 12.3. The Hall–Kier alpha value is -1.28. The third kappa shape index (κ3) is 6.32. The lowest BCUT2D eigenvalue weighted by Gasteiger charge is -2.33. The molecule has 1 saturated heterocycles. The lowest BCUT2D eigenvalue weighted by Crippen LogP contribution is -2.52. The zero-order valence-electron chi connectivity index (χ0n) is 14.2. The summed E-state index contributed by atoms with van der Waals surface area (Å²) in [5.41, 5.74) is -0.523. The van der Waals surface area contributed by atoms with Crippen LogP contribution in [0.25, 0.3) is 0 Å². The van der Waals surface area contributed by atoms with Crippen LogP contribution < -0.4 is 10.6 Å². The molecular weight excluding hydrogens is 394 g/mol. The van der Waals surface area contributed by atoms with E-state index in [2.05, 4.69) is 26.6 Å². The van der Waals surface area contributed by atoms with Gasteiger partial charge in [0.15, 0.2) is 0 Å². The van der Waals surface area contributed by atoms with E-state index >= 15 is 0 Å². The number of ether oxygens (including phenoxy) is 1. The Labute approximate surface area is 155 Å². The molecular formula is C16H24BrN3O3S. The van der Waals surface area contributed by atoms with Crippen molar-refractivity contribution >= 4 is 39.4 Å². The molecule has 0 saturated carbocycles. The van der Waals surface area contributed by atoms with E-state index in [-0.39, 0.29) is 12.1 Å². The number of likely N-dealkylation sites (tertiary alicyclic amines) is 1. The standard InChI is InChI=1S/C16H24BrN3O3S/c1-16(2,3)23-15(22)19-12-5-4-6-20(9-12)14(21)18-8-13-7-11(17)10-24-13/h7,10,12H,4-6,8-9H2,1-3H3,(H,18,21)(H,19,22). The smallest absolute Gasteiger partial charge is 0.407 e. The second kappa shape index (κ2) is 8.20. The van der Waals surface area contributed by atoms with Gasteiger partial charge in [-0.1, -0.05) is 0 Å². The average molecular weight is 418 g/mol. The van der Waals surface area contributed by atoms with E-state index in [1.54, 1.807) is 16.2 Å². The van der Waals surface area contributed by atoms with E-state index in [0.717, 1.165) is 22.2 Å². The van der Waals surface area contributed by atoms with Gasteiger partial charge in [0.25, 0.3) is 0 Å². The van der Waals surface area contributed by atoms with Crippen LogP contribution >= 0.6 is 27.3 Å². The molecule has 2 heterocycles. The number of nitrogens with one attached hydrogen (secondary N) is 2. The van der Waals surface area contributed by atoms with E-state index in [4.69, 9.17) is 4.74 Å². The van der Waals surface area contributed by atoms with Crippen LogP contribution in [0.15, 0.2) is 15.9 Å². The second-order valence-electron chi connectivity index (χ2n) is 6.82. The number of amides is 3. The van der Waals surface area contributed by atoms with Crippen LogP contribution in [0, 0.1) is 0 Å². The highest BCUT2D eigenvalue weighted by atomic mass is 79.9. The van der Waals surface area contributed by atoms with Crippen molar-refractivity contribution in [1.82, 2.24) is 15.5 Å². The Morgan fingerprint density at radius 2 is 2.21 bits per heavy atom. The lowest BCUT2D eigenvalue weighted by molar-refractivity contribution is 0.0479. The molecule has 0 aliphatic carbocycles. The maximum absolute atomic E-state index is 12.3. The predicted molar refractivity (Wildman–Crippen MR) is 98.2 cm³/mol. The van der Waals surface area contributed by atoms with Crippen molar-refractivity contribution in [1.29, 1.82) is 0 Å². The van der Waals surface area contributed by atoms with E-state index < -0.39 is 11.7 Å². The molecule has 6 nitrogen and oxygen atoms in total. The van der Waals surface area contributed by atoms with Crippen LogP contribution in [0.2, 0.25) is 0 Å². The zero-order chi connectivity index (χ0) is 17.7. The molecule has 0 spiro atoms. The second-order valence-corrected chi connectivity index (χ2v) is 8.73. The first-order valence-electron chi connectivity index (χ1n) is 7.98. The normalized spacial score (nSPS) is 18.2. The quantitative estimate of drug-likeness (QED) is 0.786. The number of nitrogens with zero attached hydrogens (tertiary/aromatic N) is 1. The Kier molecular flexibility index (Phi) is 6.51. The van der Waals surface area contributed by atoms with Crippen molar-refractivity contribution in [2.24, 2.45) is 0 Å². The molecule has 2 N–H and O–H groups in total. The number of hydrogen-bond acceptors (Lipinski definition) is 4. The number of carbonyl (C=O) groups is 2.